The second-order valence-electron chi connectivity index (χ2n) is 9.65. The fraction of sp³-hybridized carbons (Fsp3) is 0.481. The van der Waals surface area contributed by atoms with Crippen LogP contribution in [0.15, 0.2) is 28.7 Å². The van der Waals surface area contributed by atoms with Crippen LogP contribution in [0.3, 0.4) is 0 Å². The molecule has 1 aliphatic rings. The lowest BCUT2D eigenvalue weighted by molar-refractivity contribution is -0.123. The number of rotatable bonds is 5. The summed E-state index contributed by atoms with van der Waals surface area (Å²) in [5.74, 6) is 0.149. The van der Waals surface area contributed by atoms with E-state index < -0.39 is 5.97 Å². The molecule has 0 aliphatic heterocycles. The number of aliphatic hydroxyl groups is 1. The van der Waals surface area contributed by atoms with E-state index in [-0.39, 0.29) is 24.5 Å². The average molecular weight is 452 g/mol. The van der Waals surface area contributed by atoms with E-state index in [0.29, 0.717) is 28.3 Å². The Bertz CT molecular complexity index is 1200. The van der Waals surface area contributed by atoms with Crippen LogP contribution in [0.25, 0.3) is 21.9 Å². The first-order valence-electron chi connectivity index (χ1n) is 11.8. The van der Waals surface area contributed by atoms with Crippen LogP contribution < -0.4 is 4.90 Å². The van der Waals surface area contributed by atoms with Crippen LogP contribution in [0.1, 0.15) is 67.9 Å². The van der Waals surface area contributed by atoms with Gasteiger partial charge in [-0.1, -0.05) is 6.92 Å². The van der Waals surface area contributed by atoms with E-state index in [2.05, 4.69) is 6.92 Å². The summed E-state index contributed by atoms with van der Waals surface area (Å²) < 4.78 is 11.1. The second kappa shape index (κ2) is 9.18. The maximum absolute atomic E-state index is 13.7. The summed E-state index contributed by atoms with van der Waals surface area (Å²) in [4.78, 5) is 28.2. The van der Waals surface area contributed by atoms with Gasteiger partial charge in [0.1, 0.15) is 11.2 Å². The minimum atomic E-state index is -0.504. The van der Waals surface area contributed by atoms with Crippen LogP contribution in [0, 0.1) is 18.8 Å². The molecule has 1 saturated carbocycles. The number of methoxy groups -OCH3 is 1. The van der Waals surface area contributed by atoms with Crippen LogP contribution >= 0.6 is 0 Å². The van der Waals surface area contributed by atoms with Gasteiger partial charge in [-0.2, -0.15) is 0 Å². The van der Waals surface area contributed by atoms with Crippen molar-refractivity contribution in [2.45, 2.75) is 66.0 Å². The fourth-order valence-corrected chi connectivity index (χ4v) is 5.00. The Kier molecular flexibility index (Phi) is 6.48. The number of fused-ring (bicyclic) bond motifs is 3. The van der Waals surface area contributed by atoms with Gasteiger partial charge >= 0.3 is 5.97 Å². The standard InChI is InChI=1S/C27H33NO5/c1-15(2)28(26(30)18-8-6-16(3)7-9-18)23-12-21-20-11-19(14-29)17(4)10-24(20)33-25(21)13-22(23)27(31)32-5/h10-13,15-16,18,29H,6-9,14H2,1-5H3. The molecule has 4 rings (SSSR count). The minimum absolute atomic E-state index is 0.0467. The number of furan rings is 1. The first-order chi connectivity index (χ1) is 15.7. The number of nitrogens with zero attached hydrogens (tertiary/aromatic N) is 1. The molecule has 0 saturated heterocycles. The van der Waals surface area contributed by atoms with E-state index in [4.69, 9.17) is 9.15 Å². The fourth-order valence-electron chi connectivity index (χ4n) is 5.00. The Hall–Kier alpha value is -2.86. The molecule has 1 heterocycles. The highest BCUT2D eigenvalue weighted by Gasteiger charge is 2.33. The number of aryl methyl sites for hydroxylation is 1. The highest BCUT2D eigenvalue weighted by atomic mass is 16.5. The molecule has 0 atom stereocenters. The van der Waals surface area contributed by atoms with Gasteiger partial charge in [0.15, 0.2) is 0 Å². The third kappa shape index (κ3) is 4.24. The van der Waals surface area contributed by atoms with E-state index in [1.165, 1.54) is 7.11 Å². The van der Waals surface area contributed by atoms with Crippen LogP contribution in [0.2, 0.25) is 0 Å². The predicted octanol–water partition coefficient (Wildman–Crippen LogP) is 5.74. The topological polar surface area (TPSA) is 80.0 Å². The molecule has 2 aromatic carbocycles. The molecule has 1 amide bonds. The molecule has 176 valence electrons. The van der Waals surface area contributed by atoms with E-state index in [9.17, 15) is 14.7 Å². The van der Waals surface area contributed by atoms with Crippen molar-refractivity contribution in [1.29, 1.82) is 0 Å². The number of anilines is 1. The summed E-state index contributed by atoms with van der Waals surface area (Å²) in [6.45, 7) is 8.02. The highest BCUT2D eigenvalue weighted by molar-refractivity contribution is 6.12. The number of carbonyl (C=O) groups is 2. The first kappa shape index (κ1) is 23.3. The number of carbonyl (C=O) groups excluding carboxylic acids is 2. The first-order valence-corrected chi connectivity index (χ1v) is 11.8. The third-order valence-corrected chi connectivity index (χ3v) is 7.00. The van der Waals surface area contributed by atoms with Crippen LogP contribution in [-0.4, -0.2) is 30.1 Å². The van der Waals surface area contributed by atoms with Crippen molar-refractivity contribution in [3.63, 3.8) is 0 Å². The monoisotopic (exact) mass is 451 g/mol. The Morgan fingerprint density at radius 1 is 1.09 bits per heavy atom. The molecule has 0 bridgehead atoms. The molecule has 1 fully saturated rings. The van der Waals surface area contributed by atoms with E-state index in [1.54, 1.807) is 11.0 Å². The Morgan fingerprint density at radius 2 is 1.73 bits per heavy atom. The molecule has 6 nitrogen and oxygen atoms in total. The maximum Gasteiger partial charge on any atom is 0.340 e. The van der Waals surface area contributed by atoms with Crippen molar-refractivity contribution in [3.05, 3.63) is 41.0 Å². The molecular formula is C27H33NO5. The molecule has 0 unspecified atom stereocenters. The number of benzene rings is 2. The van der Waals surface area contributed by atoms with Crippen molar-refractivity contribution in [3.8, 4) is 0 Å². The number of esters is 1. The van der Waals surface area contributed by atoms with Gasteiger partial charge in [-0.25, -0.2) is 4.79 Å². The van der Waals surface area contributed by atoms with E-state index >= 15 is 0 Å². The second-order valence-corrected chi connectivity index (χ2v) is 9.65. The van der Waals surface area contributed by atoms with Crippen LogP contribution in [0.5, 0.6) is 0 Å². The van der Waals surface area contributed by atoms with Gasteiger partial charge in [-0.05, 0) is 87.8 Å². The van der Waals surface area contributed by atoms with Crippen molar-refractivity contribution in [2.24, 2.45) is 11.8 Å². The molecule has 0 spiro atoms. The zero-order valence-electron chi connectivity index (χ0n) is 20.1. The predicted molar refractivity (Wildman–Crippen MR) is 129 cm³/mol. The van der Waals surface area contributed by atoms with E-state index in [1.807, 2.05) is 39.0 Å². The van der Waals surface area contributed by atoms with E-state index in [0.717, 1.165) is 47.6 Å². The summed E-state index contributed by atoms with van der Waals surface area (Å²) in [6, 6.07) is 7.23. The minimum Gasteiger partial charge on any atom is -0.465 e. The molecule has 6 heteroatoms. The summed E-state index contributed by atoms with van der Waals surface area (Å²) in [6.07, 6.45) is 3.82. The number of aliphatic hydroxyl groups excluding tert-OH is 1. The van der Waals surface area contributed by atoms with Crippen molar-refractivity contribution in [2.75, 3.05) is 12.0 Å². The van der Waals surface area contributed by atoms with Crippen LogP contribution in [0.4, 0.5) is 5.69 Å². The van der Waals surface area contributed by atoms with Crippen molar-refractivity contribution < 1.29 is 23.8 Å². The zero-order chi connectivity index (χ0) is 23.9. The van der Waals surface area contributed by atoms with Gasteiger partial charge in [0.05, 0.1) is 25.0 Å². The van der Waals surface area contributed by atoms with Gasteiger partial charge in [0, 0.05) is 22.7 Å². The quantitative estimate of drug-likeness (QED) is 0.500. The molecular weight excluding hydrogens is 418 g/mol. The lowest BCUT2D eigenvalue weighted by Crippen LogP contribution is -2.43. The maximum atomic E-state index is 13.7. The molecule has 33 heavy (non-hydrogen) atoms. The lowest BCUT2D eigenvalue weighted by atomic mass is 9.82. The van der Waals surface area contributed by atoms with Gasteiger partial charge < -0.3 is 19.2 Å². The zero-order valence-corrected chi connectivity index (χ0v) is 20.1. The Morgan fingerprint density at radius 3 is 2.33 bits per heavy atom. The molecule has 3 aromatic rings. The van der Waals surface area contributed by atoms with Gasteiger partial charge in [-0.3, -0.25) is 4.79 Å². The SMILES string of the molecule is COC(=O)c1cc2oc3cc(C)c(CO)cc3c2cc1N(C(=O)C1CCC(C)CC1)C(C)C. The summed E-state index contributed by atoms with van der Waals surface area (Å²) in [5, 5.41) is 11.4. The summed E-state index contributed by atoms with van der Waals surface area (Å²) >= 11 is 0. The van der Waals surface area contributed by atoms with Gasteiger partial charge in [0.25, 0.3) is 0 Å². The number of hydrogen-bond donors (Lipinski definition) is 1. The Labute approximate surface area is 194 Å². The third-order valence-electron chi connectivity index (χ3n) is 7.00. The summed E-state index contributed by atoms with van der Waals surface area (Å²) in [7, 11) is 1.34. The summed E-state index contributed by atoms with van der Waals surface area (Å²) in [5.41, 5.74) is 3.83. The number of ether oxygens (including phenoxy) is 1. The molecule has 1 N–H and O–H groups in total. The normalized spacial score (nSPS) is 18.8. The van der Waals surface area contributed by atoms with Crippen molar-refractivity contribution in [1.82, 2.24) is 0 Å². The van der Waals surface area contributed by atoms with Gasteiger partial charge in [0.2, 0.25) is 5.91 Å². The Balaban J connectivity index is 1.91. The molecule has 0 radical (unpaired) electrons. The molecule has 1 aliphatic carbocycles. The largest absolute Gasteiger partial charge is 0.465 e. The average Bonchev–Trinajstić information content (AvgIpc) is 3.13. The smallest absolute Gasteiger partial charge is 0.340 e. The highest BCUT2D eigenvalue weighted by Crippen LogP contribution is 2.38. The lowest BCUT2D eigenvalue weighted by Gasteiger charge is -2.34. The number of amides is 1. The molecule has 1 aromatic heterocycles. The van der Waals surface area contributed by atoms with Crippen molar-refractivity contribution >= 4 is 39.5 Å². The van der Waals surface area contributed by atoms with Gasteiger partial charge in [-0.15, -0.1) is 0 Å². The van der Waals surface area contributed by atoms with Crippen LogP contribution in [-0.2, 0) is 16.1 Å². The number of hydrogen-bond acceptors (Lipinski definition) is 5.